The molecule has 6 nitrogen and oxygen atoms in total. The average molecular weight is 400 g/mol. The molecule has 2 heterocycles. The van der Waals surface area contributed by atoms with E-state index in [1.165, 1.54) is 0 Å². The molecule has 1 amide bonds. The van der Waals surface area contributed by atoms with E-state index in [4.69, 9.17) is 0 Å². The van der Waals surface area contributed by atoms with Gasteiger partial charge in [-0.2, -0.15) is 4.31 Å². The highest BCUT2D eigenvalue weighted by atomic mass is 35.5. The SMILES string of the molecule is Cl.O=C(NC1CCC1)c1ccc(S(=O)(=O)N2CC[C@H]3CC[C@@H](C2)N3)cc1. The molecule has 0 unspecified atom stereocenters. The van der Waals surface area contributed by atoms with Crippen LogP contribution in [0.5, 0.6) is 0 Å². The Morgan fingerprint density at radius 3 is 2.38 bits per heavy atom. The standard InChI is InChI=1S/C18H25N3O3S.ClH/c22-18(20-14-2-1-3-14)13-4-8-17(9-5-13)25(23,24)21-11-10-15-6-7-16(12-21)19-15;/h4-5,8-9,14-16,19H,1-3,6-7,10-12H2,(H,20,22);1H/t15-,16+;/m1./s1. The van der Waals surface area contributed by atoms with Gasteiger partial charge in [0, 0.05) is 36.8 Å². The van der Waals surface area contributed by atoms with Gasteiger partial charge in [-0.05, 0) is 62.8 Å². The lowest BCUT2D eigenvalue weighted by Crippen LogP contribution is -2.39. The predicted octanol–water partition coefficient (Wildman–Crippen LogP) is 1.91. The van der Waals surface area contributed by atoms with Crippen molar-refractivity contribution in [2.24, 2.45) is 0 Å². The van der Waals surface area contributed by atoms with Crippen molar-refractivity contribution in [3.8, 4) is 0 Å². The van der Waals surface area contributed by atoms with Crippen LogP contribution in [0.25, 0.3) is 0 Å². The van der Waals surface area contributed by atoms with Crippen LogP contribution in [0.15, 0.2) is 29.2 Å². The molecule has 3 aliphatic rings. The molecule has 2 saturated heterocycles. The molecule has 1 aromatic rings. The van der Waals surface area contributed by atoms with Crippen molar-refractivity contribution in [1.29, 1.82) is 0 Å². The van der Waals surface area contributed by atoms with E-state index in [0.29, 0.717) is 24.7 Å². The fraction of sp³-hybridized carbons (Fsp3) is 0.611. The van der Waals surface area contributed by atoms with E-state index in [-0.39, 0.29) is 35.3 Å². The molecule has 2 aliphatic heterocycles. The number of amides is 1. The number of nitrogens with zero attached hydrogens (tertiary/aromatic N) is 1. The van der Waals surface area contributed by atoms with Crippen LogP contribution >= 0.6 is 12.4 Å². The lowest BCUT2D eigenvalue weighted by molar-refractivity contribution is 0.0917. The van der Waals surface area contributed by atoms with Crippen LogP contribution in [-0.4, -0.2) is 49.8 Å². The largest absolute Gasteiger partial charge is 0.349 e. The van der Waals surface area contributed by atoms with Gasteiger partial charge in [0.2, 0.25) is 10.0 Å². The molecule has 1 aliphatic carbocycles. The monoisotopic (exact) mass is 399 g/mol. The predicted molar refractivity (Wildman–Crippen MR) is 102 cm³/mol. The second-order valence-corrected chi connectivity index (χ2v) is 9.35. The normalized spacial score (nSPS) is 26.5. The van der Waals surface area contributed by atoms with Gasteiger partial charge in [-0.3, -0.25) is 4.79 Å². The van der Waals surface area contributed by atoms with E-state index in [9.17, 15) is 13.2 Å². The van der Waals surface area contributed by atoms with E-state index in [0.717, 1.165) is 38.5 Å². The van der Waals surface area contributed by atoms with Gasteiger partial charge < -0.3 is 10.6 Å². The van der Waals surface area contributed by atoms with Crippen LogP contribution in [0, 0.1) is 0 Å². The summed E-state index contributed by atoms with van der Waals surface area (Å²) in [7, 11) is -3.51. The third-order valence-corrected chi connectivity index (χ3v) is 7.56. The Labute approximate surface area is 161 Å². The van der Waals surface area contributed by atoms with E-state index < -0.39 is 10.0 Å². The number of hydrogen-bond donors (Lipinski definition) is 2. The molecule has 1 aromatic carbocycles. The second kappa shape index (κ2) is 7.84. The van der Waals surface area contributed by atoms with Gasteiger partial charge in [0.1, 0.15) is 0 Å². The Morgan fingerprint density at radius 2 is 1.73 bits per heavy atom. The molecule has 0 aromatic heterocycles. The number of carbonyl (C=O) groups is 1. The number of halogens is 1. The Balaban J connectivity index is 0.00000196. The van der Waals surface area contributed by atoms with Gasteiger partial charge in [0.15, 0.2) is 0 Å². The summed E-state index contributed by atoms with van der Waals surface area (Å²) in [6.07, 6.45) is 6.26. The zero-order valence-corrected chi connectivity index (χ0v) is 16.3. The first-order valence-electron chi connectivity index (χ1n) is 9.19. The van der Waals surface area contributed by atoms with Crippen LogP contribution in [0.1, 0.15) is 48.9 Å². The summed E-state index contributed by atoms with van der Waals surface area (Å²) in [5, 5.41) is 6.47. The fourth-order valence-corrected chi connectivity index (χ4v) is 5.38. The number of carbonyl (C=O) groups excluding carboxylic acids is 1. The minimum Gasteiger partial charge on any atom is -0.349 e. The molecule has 144 valence electrons. The molecule has 0 radical (unpaired) electrons. The maximum absolute atomic E-state index is 12.9. The molecule has 3 fully saturated rings. The van der Waals surface area contributed by atoms with Gasteiger partial charge in [0.25, 0.3) is 5.91 Å². The summed E-state index contributed by atoms with van der Waals surface area (Å²) >= 11 is 0. The average Bonchev–Trinajstić information content (AvgIpc) is 2.89. The molecular formula is C18H26ClN3O3S. The Hall–Kier alpha value is -1.15. The third-order valence-electron chi connectivity index (χ3n) is 5.68. The van der Waals surface area contributed by atoms with Crippen molar-refractivity contribution in [1.82, 2.24) is 14.9 Å². The number of hydrogen-bond acceptors (Lipinski definition) is 4. The zero-order chi connectivity index (χ0) is 17.4. The van der Waals surface area contributed by atoms with Crippen LogP contribution < -0.4 is 10.6 Å². The molecule has 0 spiro atoms. The maximum atomic E-state index is 12.9. The number of sulfonamides is 1. The summed E-state index contributed by atoms with van der Waals surface area (Å²) in [6, 6.07) is 7.32. The Kier molecular flexibility index (Phi) is 5.91. The lowest BCUT2D eigenvalue weighted by Gasteiger charge is -2.26. The molecule has 26 heavy (non-hydrogen) atoms. The molecule has 1 saturated carbocycles. The maximum Gasteiger partial charge on any atom is 0.251 e. The van der Waals surface area contributed by atoms with Crippen molar-refractivity contribution in [3.05, 3.63) is 29.8 Å². The third kappa shape index (κ3) is 3.91. The van der Waals surface area contributed by atoms with Crippen molar-refractivity contribution in [2.75, 3.05) is 13.1 Å². The minimum absolute atomic E-state index is 0. The topological polar surface area (TPSA) is 78.5 Å². The van der Waals surface area contributed by atoms with Crippen LogP contribution in [0.4, 0.5) is 0 Å². The van der Waals surface area contributed by atoms with Crippen LogP contribution in [-0.2, 0) is 10.0 Å². The van der Waals surface area contributed by atoms with Gasteiger partial charge >= 0.3 is 0 Å². The van der Waals surface area contributed by atoms with E-state index in [1.54, 1.807) is 28.6 Å². The van der Waals surface area contributed by atoms with Gasteiger partial charge in [0.05, 0.1) is 4.90 Å². The summed E-state index contributed by atoms with van der Waals surface area (Å²) in [5.74, 6) is -0.120. The molecule has 2 bridgehead atoms. The quantitative estimate of drug-likeness (QED) is 0.810. The number of rotatable bonds is 4. The van der Waals surface area contributed by atoms with Gasteiger partial charge in [-0.25, -0.2) is 8.42 Å². The first-order valence-corrected chi connectivity index (χ1v) is 10.6. The second-order valence-electron chi connectivity index (χ2n) is 7.42. The van der Waals surface area contributed by atoms with Crippen molar-refractivity contribution in [3.63, 3.8) is 0 Å². The van der Waals surface area contributed by atoms with E-state index in [2.05, 4.69) is 10.6 Å². The van der Waals surface area contributed by atoms with Crippen LogP contribution in [0.2, 0.25) is 0 Å². The number of nitrogens with one attached hydrogen (secondary N) is 2. The first-order chi connectivity index (χ1) is 12.0. The smallest absolute Gasteiger partial charge is 0.251 e. The lowest BCUT2D eigenvalue weighted by atomic mass is 9.93. The highest BCUT2D eigenvalue weighted by Gasteiger charge is 2.35. The zero-order valence-electron chi connectivity index (χ0n) is 14.7. The van der Waals surface area contributed by atoms with Crippen molar-refractivity contribution < 1.29 is 13.2 Å². The molecule has 2 atom stereocenters. The van der Waals surface area contributed by atoms with Crippen LogP contribution in [0.3, 0.4) is 0 Å². The molecule has 4 rings (SSSR count). The summed E-state index contributed by atoms with van der Waals surface area (Å²) in [4.78, 5) is 12.4. The Bertz CT molecular complexity index is 749. The highest BCUT2D eigenvalue weighted by Crippen LogP contribution is 2.25. The van der Waals surface area contributed by atoms with Crippen molar-refractivity contribution in [2.45, 2.75) is 61.5 Å². The van der Waals surface area contributed by atoms with Gasteiger partial charge in [-0.1, -0.05) is 0 Å². The van der Waals surface area contributed by atoms with Gasteiger partial charge in [-0.15, -0.1) is 12.4 Å². The minimum atomic E-state index is -3.51. The van der Waals surface area contributed by atoms with Crippen molar-refractivity contribution >= 4 is 28.3 Å². The molecule has 8 heteroatoms. The first kappa shape index (κ1) is 19.6. The summed E-state index contributed by atoms with van der Waals surface area (Å²) in [6.45, 7) is 1.09. The number of benzene rings is 1. The number of fused-ring (bicyclic) bond motifs is 2. The fourth-order valence-electron chi connectivity index (χ4n) is 3.88. The van der Waals surface area contributed by atoms with E-state index in [1.807, 2.05) is 0 Å². The summed E-state index contributed by atoms with van der Waals surface area (Å²) in [5.41, 5.74) is 0.516. The molecule has 2 N–H and O–H groups in total. The highest BCUT2D eigenvalue weighted by molar-refractivity contribution is 7.89. The molecular weight excluding hydrogens is 374 g/mol. The van der Waals surface area contributed by atoms with E-state index >= 15 is 0 Å². The summed E-state index contributed by atoms with van der Waals surface area (Å²) < 4.78 is 27.4. The Morgan fingerprint density at radius 1 is 1.04 bits per heavy atom.